The van der Waals surface area contributed by atoms with Crippen molar-refractivity contribution in [1.29, 1.82) is 0 Å². The van der Waals surface area contributed by atoms with Crippen molar-refractivity contribution in [3.05, 3.63) is 94.0 Å². The molecule has 2 N–H and O–H groups in total. The van der Waals surface area contributed by atoms with E-state index in [1.807, 2.05) is 26.0 Å². The molecule has 0 unspecified atom stereocenters. The molecule has 0 fully saturated rings. The fraction of sp³-hybridized carbons (Fsp3) is 0.167. The van der Waals surface area contributed by atoms with Gasteiger partial charge in [0.25, 0.3) is 20.0 Å². The van der Waals surface area contributed by atoms with E-state index in [0.717, 1.165) is 11.1 Å². The van der Waals surface area contributed by atoms with Gasteiger partial charge in [-0.1, -0.05) is 48.5 Å². The van der Waals surface area contributed by atoms with Crippen molar-refractivity contribution in [1.82, 2.24) is 9.66 Å². The lowest BCUT2D eigenvalue weighted by atomic mass is 10.2. The van der Waals surface area contributed by atoms with Gasteiger partial charge in [-0.3, -0.25) is 0 Å². The van der Waals surface area contributed by atoms with Gasteiger partial charge in [0.05, 0.1) is 22.2 Å². The standard InChI is InChI=1S/C24H26N4O4S2/c1-17-5-7-19(3)23(13-17)33(29,30)27-25-15-21-9-11-22(12-10-21)16-26-28-34(31,32)24-14-18(2)6-8-20(24)4/h5-16,27-28H,1-4H3. The van der Waals surface area contributed by atoms with E-state index in [4.69, 9.17) is 0 Å². The zero-order chi connectivity index (χ0) is 24.9. The minimum Gasteiger partial charge on any atom is -0.200 e. The number of benzene rings is 3. The van der Waals surface area contributed by atoms with E-state index >= 15 is 0 Å². The van der Waals surface area contributed by atoms with Crippen LogP contribution in [0.15, 0.2) is 80.7 Å². The number of aryl methyl sites for hydroxylation is 4. The largest absolute Gasteiger partial charge is 0.276 e. The normalized spacial score (nSPS) is 12.4. The maximum Gasteiger partial charge on any atom is 0.276 e. The Kier molecular flexibility index (Phi) is 7.53. The van der Waals surface area contributed by atoms with E-state index in [9.17, 15) is 16.8 Å². The second-order valence-corrected chi connectivity index (χ2v) is 11.2. The predicted octanol–water partition coefficient (Wildman–Crippen LogP) is 3.55. The molecule has 0 aliphatic rings. The van der Waals surface area contributed by atoms with Gasteiger partial charge in [-0.2, -0.15) is 27.0 Å². The number of nitrogens with zero attached hydrogens (tertiary/aromatic N) is 2. The summed E-state index contributed by atoms with van der Waals surface area (Å²) in [7, 11) is -7.56. The van der Waals surface area contributed by atoms with Gasteiger partial charge in [-0.15, -0.1) is 0 Å². The van der Waals surface area contributed by atoms with Crippen molar-refractivity contribution in [2.45, 2.75) is 37.5 Å². The minimum atomic E-state index is -3.78. The van der Waals surface area contributed by atoms with Gasteiger partial charge in [0.15, 0.2) is 0 Å². The van der Waals surface area contributed by atoms with Gasteiger partial charge in [-0.05, 0) is 73.2 Å². The van der Waals surface area contributed by atoms with Crippen LogP contribution in [0.5, 0.6) is 0 Å². The van der Waals surface area contributed by atoms with Crippen molar-refractivity contribution < 1.29 is 16.8 Å². The van der Waals surface area contributed by atoms with Crippen LogP contribution < -0.4 is 9.66 Å². The van der Waals surface area contributed by atoms with Crippen LogP contribution in [0.3, 0.4) is 0 Å². The van der Waals surface area contributed by atoms with Crippen LogP contribution in [0, 0.1) is 27.7 Å². The van der Waals surface area contributed by atoms with Crippen LogP contribution in [-0.2, 0) is 20.0 Å². The average molecular weight is 499 g/mol. The molecule has 0 aliphatic heterocycles. The quantitative estimate of drug-likeness (QED) is 0.365. The molecular formula is C24H26N4O4S2. The van der Waals surface area contributed by atoms with Gasteiger partial charge in [0.2, 0.25) is 0 Å². The molecule has 3 rings (SSSR count). The van der Waals surface area contributed by atoms with Crippen molar-refractivity contribution in [2.75, 3.05) is 0 Å². The van der Waals surface area contributed by atoms with E-state index in [1.165, 1.54) is 12.4 Å². The highest BCUT2D eigenvalue weighted by molar-refractivity contribution is 7.89. The Morgan fingerprint density at radius 2 is 0.941 bits per heavy atom. The van der Waals surface area contributed by atoms with Crippen LogP contribution in [0.4, 0.5) is 0 Å². The summed E-state index contributed by atoms with van der Waals surface area (Å²) >= 11 is 0. The molecule has 10 heteroatoms. The zero-order valence-corrected chi connectivity index (χ0v) is 20.9. The van der Waals surface area contributed by atoms with Gasteiger partial charge in [-0.25, -0.2) is 9.66 Å². The SMILES string of the molecule is Cc1ccc(C)c(S(=O)(=O)NN=Cc2ccc(C=NNS(=O)(=O)c3cc(C)ccc3C)cc2)c1. The van der Waals surface area contributed by atoms with Crippen molar-refractivity contribution in [2.24, 2.45) is 10.2 Å². The summed E-state index contributed by atoms with van der Waals surface area (Å²) in [6.45, 7) is 7.09. The first-order valence-corrected chi connectivity index (χ1v) is 13.3. The number of hydrazone groups is 2. The molecule has 0 aromatic heterocycles. The number of nitrogens with one attached hydrogen (secondary N) is 2. The second-order valence-electron chi connectivity index (χ2n) is 7.91. The fourth-order valence-corrected chi connectivity index (χ4v) is 5.35. The smallest absolute Gasteiger partial charge is 0.200 e. The molecule has 0 spiro atoms. The third kappa shape index (κ3) is 6.30. The van der Waals surface area contributed by atoms with E-state index in [1.54, 1.807) is 62.4 Å². The zero-order valence-electron chi connectivity index (χ0n) is 19.3. The first-order valence-electron chi connectivity index (χ1n) is 10.3. The van der Waals surface area contributed by atoms with Gasteiger partial charge in [0, 0.05) is 0 Å². The lowest BCUT2D eigenvalue weighted by Crippen LogP contribution is -2.19. The van der Waals surface area contributed by atoms with Gasteiger partial charge >= 0.3 is 0 Å². The van der Waals surface area contributed by atoms with E-state index in [0.29, 0.717) is 22.3 Å². The van der Waals surface area contributed by atoms with Gasteiger partial charge < -0.3 is 0 Å². The molecule has 0 saturated heterocycles. The molecule has 0 amide bonds. The maximum atomic E-state index is 12.5. The van der Waals surface area contributed by atoms with Crippen molar-refractivity contribution >= 4 is 32.5 Å². The summed E-state index contributed by atoms with van der Waals surface area (Å²) < 4.78 is 50.0. The molecule has 0 heterocycles. The lowest BCUT2D eigenvalue weighted by Gasteiger charge is -2.08. The van der Waals surface area contributed by atoms with Gasteiger partial charge in [0.1, 0.15) is 0 Å². The molecule has 0 saturated carbocycles. The number of sulfonamides is 2. The minimum absolute atomic E-state index is 0.180. The lowest BCUT2D eigenvalue weighted by molar-refractivity contribution is 0.582. The third-order valence-corrected chi connectivity index (χ3v) is 7.71. The number of hydrogen-bond donors (Lipinski definition) is 2. The molecule has 3 aromatic carbocycles. The Labute approximate surface area is 200 Å². The van der Waals surface area contributed by atoms with Crippen molar-refractivity contribution in [3.8, 4) is 0 Å². The number of hydrogen-bond acceptors (Lipinski definition) is 6. The highest BCUT2D eigenvalue weighted by Gasteiger charge is 2.16. The summed E-state index contributed by atoms with van der Waals surface area (Å²) in [6.07, 6.45) is 2.76. The Morgan fingerprint density at radius 3 is 1.29 bits per heavy atom. The molecule has 178 valence electrons. The molecular weight excluding hydrogens is 472 g/mol. The fourth-order valence-electron chi connectivity index (χ4n) is 3.10. The maximum absolute atomic E-state index is 12.5. The highest BCUT2D eigenvalue weighted by atomic mass is 32.2. The van der Waals surface area contributed by atoms with E-state index < -0.39 is 20.0 Å². The van der Waals surface area contributed by atoms with Crippen LogP contribution >= 0.6 is 0 Å². The van der Waals surface area contributed by atoms with Crippen LogP contribution in [-0.4, -0.2) is 29.3 Å². The molecule has 0 bridgehead atoms. The van der Waals surface area contributed by atoms with Crippen LogP contribution in [0.1, 0.15) is 33.4 Å². The molecule has 34 heavy (non-hydrogen) atoms. The summed E-state index contributed by atoms with van der Waals surface area (Å²) in [6, 6.07) is 17.2. The second kappa shape index (κ2) is 10.2. The molecule has 8 nitrogen and oxygen atoms in total. The van der Waals surface area contributed by atoms with Crippen LogP contribution in [0.2, 0.25) is 0 Å². The summed E-state index contributed by atoms with van der Waals surface area (Å²) in [5, 5.41) is 7.69. The predicted molar refractivity (Wildman–Crippen MR) is 134 cm³/mol. The highest BCUT2D eigenvalue weighted by Crippen LogP contribution is 2.17. The van der Waals surface area contributed by atoms with Crippen molar-refractivity contribution in [3.63, 3.8) is 0 Å². The first kappa shape index (κ1) is 25.1. The Balaban J connectivity index is 1.64. The summed E-state index contributed by atoms with van der Waals surface area (Å²) in [5.41, 5.74) is 4.23. The van der Waals surface area contributed by atoms with Crippen LogP contribution in [0.25, 0.3) is 0 Å². The summed E-state index contributed by atoms with van der Waals surface area (Å²) in [4.78, 5) is 4.80. The molecule has 3 aromatic rings. The monoisotopic (exact) mass is 498 g/mol. The third-order valence-electron chi connectivity index (χ3n) is 4.98. The topological polar surface area (TPSA) is 117 Å². The van der Waals surface area contributed by atoms with E-state index in [-0.39, 0.29) is 9.79 Å². The summed E-state index contributed by atoms with van der Waals surface area (Å²) in [5.74, 6) is 0. The van der Waals surface area contributed by atoms with E-state index in [2.05, 4.69) is 19.9 Å². The Hall–Kier alpha value is -3.50. The molecule has 0 aliphatic carbocycles. The number of rotatable bonds is 8. The Morgan fingerprint density at radius 1 is 0.588 bits per heavy atom. The molecule has 0 atom stereocenters. The average Bonchev–Trinajstić information content (AvgIpc) is 2.78. The first-order chi connectivity index (χ1) is 16.0. The molecule has 0 radical (unpaired) electrons. The Bertz CT molecular complexity index is 1350.